The molecule has 0 spiro atoms. The van der Waals surface area contributed by atoms with Crippen molar-refractivity contribution in [1.29, 1.82) is 5.26 Å². The highest BCUT2D eigenvalue weighted by atomic mass is 14.3. The molecule has 0 bridgehead atoms. The highest BCUT2D eigenvalue weighted by molar-refractivity contribution is 5.23. The predicted molar refractivity (Wildman–Crippen MR) is 59.6 cm³/mol. The Balaban J connectivity index is 2.79. The van der Waals surface area contributed by atoms with Crippen LogP contribution in [0, 0.1) is 29.1 Å². The quantitative estimate of drug-likeness (QED) is 0.608. The van der Waals surface area contributed by atoms with E-state index >= 15 is 0 Å². The van der Waals surface area contributed by atoms with Gasteiger partial charge in [0.15, 0.2) is 0 Å². The monoisotopic (exact) mass is 189 g/mol. The second-order valence-electron chi connectivity index (χ2n) is 4.53. The summed E-state index contributed by atoms with van der Waals surface area (Å²) in [6.45, 7) is 10.6. The van der Waals surface area contributed by atoms with E-state index in [1.165, 1.54) is 11.1 Å². The smallest absolute Gasteiger partial charge is 0.0659 e. The van der Waals surface area contributed by atoms with Crippen molar-refractivity contribution in [2.75, 3.05) is 0 Å². The maximum Gasteiger partial charge on any atom is 0.0659 e. The zero-order valence-corrected chi connectivity index (χ0v) is 9.38. The molecule has 1 nitrogen and oxygen atoms in total. The largest absolute Gasteiger partial charge is 0.198 e. The number of nitriles is 1. The molecule has 0 aromatic rings. The molecule has 2 unspecified atom stereocenters. The van der Waals surface area contributed by atoms with Gasteiger partial charge in [0.2, 0.25) is 0 Å². The van der Waals surface area contributed by atoms with Gasteiger partial charge in [0.1, 0.15) is 0 Å². The second-order valence-corrected chi connectivity index (χ2v) is 4.53. The van der Waals surface area contributed by atoms with Gasteiger partial charge in [0.25, 0.3) is 0 Å². The molecule has 0 aromatic heterocycles. The Labute approximate surface area is 87.1 Å². The molecule has 0 amide bonds. The van der Waals surface area contributed by atoms with E-state index in [2.05, 4.69) is 39.5 Å². The predicted octanol–water partition coefficient (Wildman–Crippen LogP) is 3.69. The van der Waals surface area contributed by atoms with Crippen LogP contribution in [0.3, 0.4) is 0 Å². The average Bonchev–Trinajstić information content (AvgIpc) is 2.17. The van der Waals surface area contributed by atoms with E-state index < -0.39 is 0 Å². The van der Waals surface area contributed by atoms with Gasteiger partial charge in [-0.05, 0) is 25.7 Å². The highest BCUT2D eigenvalue weighted by Gasteiger charge is 2.24. The number of hydrogen-bond donors (Lipinski definition) is 0. The Kier molecular flexibility index (Phi) is 3.52. The summed E-state index contributed by atoms with van der Waals surface area (Å²) in [7, 11) is 0. The van der Waals surface area contributed by atoms with Crippen LogP contribution in [0.4, 0.5) is 0 Å². The van der Waals surface area contributed by atoms with Crippen molar-refractivity contribution in [3.8, 4) is 6.07 Å². The van der Waals surface area contributed by atoms with Crippen molar-refractivity contribution in [2.24, 2.45) is 17.8 Å². The lowest BCUT2D eigenvalue weighted by atomic mass is 9.76. The molecule has 0 N–H and O–H groups in total. The molecule has 0 saturated carbocycles. The van der Waals surface area contributed by atoms with Gasteiger partial charge < -0.3 is 0 Å². The molecule has 76 valence electrons. The fraction of sp³-hybridized carbons (Fsp3) is 0.615. The van der Waals surface area contributed by atoms with Crippen LogP contribution < -0.4 is 0 Å². The minimum absolute atomic E-state index is 0.194. The summed E-state index contributed by atoms with van der Waals surface area (Å²) >= 11 is 0. The van der Waals surface area contributed by atoms with Crippen LogP contribution in [0.1, 0.15) is 33.6 Å². The van der Waals surface area contributed by atoms with Crippen molar-refractivity contribution in [3.05, 3.63) is 23.8 Å². The molecule has 0 saturated heterocycles. The Hall–Kier alpha value is -1.03. The third-order valence-electron chi connectivity index (χ3n) is 3.17. The first kappa shape index (κ1) is 11.0. The molecule has 1 rings (SSSR count). The van der Waals surface area contributed by atoms with Gasteiger partial charge in [-0.3, -0.25) is 0 Å². The van der Waals surface area contributed by atoms with E-state index in [4.69, 9.17) is 5.26 Å². The molecule has 14 heavy (non-hydrogen) atoms. The van der Waals surface area contributed by atoms with Gasteiger partial charge in [-0.1, -0.05) is 37.6 Å². The lowest BCUT2D eigenvalue weighted by Crippen LogP contribution is -2.17. The fourth-order valence-corrected chi connectivity index (χ4v) is 1.99. The van der Waals surface area contributed by atoms with Crippen molar-refractivity contribution in [3.63, 3.8) is 0 Å². The lowest BCUT2D eigenvalue weighted by Gasteiger charge is -2.28. The molecular weight excluding hydrogens is 170 g/mol. The first-order valence-electron chi connectivity index (χ1n) is 5.31. The maximum absolute atomic E-state index is 8.91. The van der Waals surface area contributed by atoms with Crippen LogP contribution in [0.5, 0.6) is 0 Å². The maximum atomic E-state index is 8.91. The Morgan fingerprint density at radius 1 is 1.64 bits per heavy atom. The van der Waals surface area contributed by atoms with Gasteiger partial charge >= 0.3 is 0 Å². The van der Waals surface area contributed by atoms with Crippen molar-refractivity contribution in [1.82, 2.24) is 0 Å². The van der Waals surface area contributed by atoms with Gasteiger partial charge in [0.05, 0.1) is 12.0 Å². The van der Waals surface area contributed by atoms with Crippen molar-refractivity contribution < 1.29 is 0 Å². The van der Waals surface area contributed by atoms with Crippen LogP contribution >= 0.6 is 0 Å². The summed E-state index contributed by atoms with van der Waals surface area (Å²) in [6.07, 6.45) is 4.09. The summed E-state index contributed by atoms with van der Waals surface area (Å²) in [5.41, 5.74) is 2.67. The number of nitrogens with zero attached hydrogens (tertiary/aromatic N) is 1. The molecule has 0 radical (unpaired) electrons. The summed E-state index contributed by atoms with van der Waals surface area (Å²) in [6, 6.07) is 2.36. The topological polar surface area (TPSA) is 23.8 Å². The van der Waals surface area contributed by atoms with E-state index in [1.54, 1.807) is 0 Å². The third kappa shape index (κ3) is 2.26. The molecule has 1 aliphatic carbocycles. The Morgan fingerprint density at radius 3 is 2.79 bits per heavy atom. The molecule has 1 heteroatoms. The van der Waals surface area contributed by atoms with E-state index in [1.807, 2.05) is 0 Å². The minimum atomic E-state index is 0.194. The molecule has 0 aliphatic heterocycles. The lowest BCUT2D eigenvalue weighted by molar-refractivity contribution is 0.464. The van der Waals surface area contributed by atoms with Crippen LogP contribution in [0.2, 0.25) is 0 Å². The van der Waals surface area contributed by atoms with Crippen LogP contribution in [0.25, 0.3) is 0 Å². The van der Waals surface area contributed by atoms with Crippen molar-refractivity contribution in [2.45, 2.75) is 33.6 Å². The zero-order chi connectivity index (χ0) is 10.7. The number of hydrogen-bond acceptors (Lipinski definition) is 1. The summed E-state index contributed by atoms with van der Waals surface area (Å²) in [5.74, 6) is 1.15. The summed E-state index contributed by atoms with van der Waals surface area (Å²) < 4.78 is 0. The minimum Gasteiger partial charge on any atom is -0.198 e. The molecular formula is C13H19N. The van der Waals surface area contributed by atoms with Gasteiger partial charge in [-0.15, -0.1) is 0 Å². The standard InChI is InChI=1S/C13H19N/c1-9(2)11(4)13-7-12(8-14)6-5-10(13)3/h5,9,12-13H,4,6-7H2,1-3H3. The average molecular weight is 189 g/mol. The first-order valence-corrected chi connectivity index (χ1v) is 5.31. The Morgan fingerprint density at radius 2 is 2.29 bits per heavy atom. The van der Waals surface area contributed by atoms with E-state index in [0.29, 0.717) is 11.8 Å². The normalized spacial score (nSPS) is 26.9. The van der Waals surface area contributed by atoms with Crippen LogP contribution in [-0.2, 0) is 0 Å². The van der Waals surface area contributed by atoms with E-state index in [0.717, 1.165) is 12.8 Å². The second kappa shape index (κ2) is 4.46. The molecule has 1 aliphatic rings. The zero-order valence-electron chi connectivity index (χ0n) is 9.38. The highest BCUT2D eigenvalue weighted by Crippen LogP contribution is 2.35. The van der Waals surface area contributed by atoms with Gasteiger partial charge in [-0.2, -0.15) is 5.26 Å². The van der Waals surface area contributed by atoms with Gasteiger partial charge in [-0.25, -0.2) is 0 Å². The third-order valence-corrected chi connectivity index (χ3v) is 3.17. The van der Waals surface area contributed by atoms with Crippen LogP contribution in [0.15, 0.2) is 23.8 Å². The molecule has 2 atom stereocenters. The van der Waals surface area contributed by atoms with E-state index in [-0.39, 0.29) is 5.92 Å². The fourth-order valence-electron chi connectivity index (χ4n) is 1.99. The van der Waals surface area contributed by atoms with Crippen LogP contribution in [-0.4, -0.2) is 0 Å². The summed E-state index contributed by atoms with van der Waals surface area (Å²) in [4.78, 5) is 0. The Bertz CT molecular complexity index is 291. The van der Waals surface area contributed by atoms with Crippen molar-refractivity contribution >= 4 is 0 Å². The molecule has 0 fully saturated rings. The molecule has 0 aromatic carbocycles. The van der Waals surface area contributed by atoms with Gasteiger partial charge in [0, 0.05) is 5.92 Å². The first-order chi connectivity index (χ1) is 6.56. The number of allylic oxidation sites excluding steroid dienone is 3. The summed E-state index contributed by atoms with van der Waals surface area (Å²) in [5, 5.41) is 8.91. The SMILES string of the molecule is C=C(C(C)C)C1CC(C#N)CC=C1C. The number of rotatable bonds is 2. The molecule has 0 heterocycles. The van der Waals surface area contributed by atoms with E-state index in [9.17, 15) is 0 Å².